The minimum atomic E-state index is 0.824. The van der Waals surface area contributed by atoms with Crippen molar-refractivity contribution in [3.63, 3.8) is 0 Å². The summed E-state index contributed by atoms with van der Waals surface area (Å²) >= 11 is 0. The Labute approximate surface area is 110 Å². The Morgan fingerprint density at radius 2 is 2.17 bits per heavy atom. The van der Waals surface area contributed by atoms with E-state index in [9.17, 15) is 5.26 Å². The van der Waals surface area contributed by atoms with Gasteiger partial charge in [-0.15, -0.1) is 0 Å². The van der Waals surface area contributed by atoms with Crippen LogP contribution in [0.5, 0.6) is 0 Å². The van der Waals surface area contributed by atoms with E-state index in [-0.39, 0.29) is 0 Å². The molecule has 0 spiro atoms. The van der Waals surface area contributed by atoms with Crippen LogP contribution in [0.2, 0.25) is 0 Å². The first-order chi connectivity index (χ1) is 8.74. The van der Waals surface area contributed by atoms with Crippen molar-refractivity contribution in [2.24, 2.45) is 5.92 Å². The number of rotatable bonds is 2. The maximum Gasteiger partial charge on any atom is 0.101 e. The summed E-state index contributed by atoms with van der Waals surface area (Å²) in [4.78, 5) is 2.40. The molecule has 2 heteroatoms. The lowest BCUT2D eigenvalue weighted by Crippen LogP contribution is -2.25. The molecule has 1 atom stereocenters. The van der Waals surface area contributed by atoms with Gasteiger partial charge in [0.1, 0.15) is 6.07 Å². The molecule has 0 N–H and O–H groups in total. The van der Waals surface area contributed by atoms with Crippen LogP contribution in [0.25, 0.3) is 0 Å². The second-order valence-corrected chi connectivity index (χ2v) is 5.32. The topological polar surface area (TPSA) is 27.0 Å². The van der Waals surface area contributed by atoms with Crippen LogP contribution in [0.3, 0.4) is 0 Å². The SMILES string of the molecule is CCC1CCCN(c2ccc(C)cc2C#N)CC1. The number of nitriles is 1. The van der Waals surface area contributed by atoms with Gasteiger partial charge in [0.15, 0.2) is 0 Å². The minimum absolute atomic E-state index is 0.824. The van der Waals surface area contributed by atoms with Crippen LogP contribution in [0, 0.1) is 24.2 Å². The highest BCUT2D eigenvalue weighted by Crippen LogP contribution is 2.27. The molecule has 0 aromatic heterocycles. The Balaban J connectivity index is 2.19. The van der Waals surface area contributed by atoms with E-state index >= 15 is 0 Å². The molecule has 1 fully saturated rings. The number of anilines is 1. The Morgan fingerprint density at radius 1 is 1.33 bits per heavy atom. The van der Waals surface area contributed by atoms with Gasteiger partial charge in [0.25, 0.3) is 0 Å². The van der Waals surface area contributed by atoms with Crippen molar-refractivity contribution in [1.82, 2.24) is 0 Å². The van der Waals surface area contributed by atoms with Gasteiger partial charge in [0.2, 0.25) is 0 Å². The summed E-state index contributed by atoms with van der Waals surface area (Å²) < 4.78 is 0. The maximum atomic E-state index is 9.27. The van der Waals surface area contributed by atoms with Crippen LogP contribution < -0.4 is 4.90 Å². The molecule has 2 rings (SSSR count). The first-order valence-corrected chi connectivity index (χ1v) is 7.00. The predicted molar refractivity (Wildman–Crippen MR) is 75.7 cm³/mol. The standard InChI is InChI=1S/C16H22N2/c1-3-14-5-4-9-18(10-8-14)16-7-6-13(2)11-15(16)12-17/h6-7,11,14H,3-5,8-10H2,1-2H3. The molecule has 0 radical (unpaired) electrons. The highest BCUT2D eigenvalue weighted by molar-refractivity contribution is 5.60. The van der Waals surface area contributed by atoms with Gasteiger partial charge in [0, 0.05) is 13.1 Å². The summed E-state index contributed by atoms with van der Waals surface area (Å²) in [5.74, 6) is 0.867. The molecule has 1 saturated heterocycles. The van der Waals surface area contributed by atoms with Crippen molar-refractivity contribution in [2.75, 3.05) is 18.0 Å². The lowest BCUT2D eigenvalue weighted by molar-refractivity contribution is 0.459. The summed E-state index contributed by atoms with van der Waals surface area (Å²) in [5, 5.41) is 9.27. The summed E-state index contributed by atoms with van der Waals surface area (Å²) in [5.41, 5.74) is 3.11. The Kier molecular flexibility index (Phi) is 4.25. The smallest absolute Gasteiger partial charge is 0.101 e. The zero-order valence-corrected chi connectivity index (χ0v) is 11.4. The van der Waals surface area contributed by atoms with Gasteiger partial charge < -0.3 is 4.90 Å². The van der Waals surface area contributed by atoms with E-state index in [0.29, 0.717) is 0 Å². The number of nitrogens with zero attached hydrogens (tertiary/aromatic N) is 2. The molecule has 18 heavy (non-hydrogen) atoms. The van der Waals surface area contributed by atoms with E-state index in [0.717, 1.165) is 35.8 Å². The summed E-state index contributed by atoms with van der Waals surface area (Å²) in [6, 6.07) is 8.56. The molecule has 0 saturated carbocycles. The molecule has 1 aromatic rings. The highest BCUT2D eigenvalue weighted by atomic mass is 15.1. The molecule has 1 aliphatic heterocycles. The molecular formula is C16H22N2. The average molecular weight is 242 g/mol. The van der Waals surface area contributed by atoms with Crippen LogP contribution in [0.15, 0.2) is 18.2 Å². The third-order valence-corrected chi connectivity index (χ3v) is 4.04. The molecule has 0 amide bonds. The minimum Gasteiger partial charge on any atom is -0.370 e. The monoisotopic (exact) mass is 242 g/mol. The van der Waals surface area contributed by atoms with Crippen LogP contribution in [0.4, 0.5) is 5.69 Å². The van der Waals surface area contributed by atoms with Gasteiger partial charge >= 0.3 is 0 Å². The molecule has 1 heterocycles. The van der Waals surface area contributed by atoms with E-state index < -0.39 is 0 Å². The second kappa shape index (κ2) is 5.91. The quantitative estimate of drug-likeness (QED) is 0.787. The van der Waals surface area contributed by atoms with Gasteiger partial charge in [0.05, 0.1) is 11.3 Å². The fourth-order valence-corrected chi connectivity index (χ4v) is 2.83. The fraction of sp³-hybridized carbons (Fsp3) is 0.562. The Hall–Kier alpha value is -1.49. The zero-order valence-electron chi connectivity index (χ0n) is 11.4. The van der Waals surface area contributed by atoms with E-state index in [1.54, 1.807) is 0 Å². The lowest BCUT2D eigenvalue weighted by Gasteiger charge is -2.24. The van der Waals surface area contributed by atoms with Gasteiger partial charge in [-0.3, -0.25) is 0 Å². The van der Waals surface area contributed by atoms with Crippen LogP contribution in [-0.2, 0) is 0 Å². The molecule has 1 unspecified atom stereocenters. The zero-order chi connectivity index (χ0) is 13.0. The van der Waals surface area contributed by atoms with E-state index in [1.165, 1.54) is 25.7 Å². The summed E-state index contributed by atoms with van der Waals surface area (Å²) in [7, 11) is 0. The molecule has 2 nitrogen and oxygen atoms in total. The van der Waals surface area contributed by atoms with Crippen molar-refractivity contribution < 1.29 is 0 Å². The van der Waals surface area contributed by atoms with Crippen molar-refractivity contribution in [3.05, 3.63) is 29.3 Å². The van der Waals surface area contributed by atoms with E-state index in [4.69, 9.17) is 0 Å². The average Bonchev–Trinajstić information content (AvgIpc) is 2.63. The number of hydrogen-bond donors (Lipinski definition) is 0. The molecular weight excluding hydrogens is 220 g/mol. The van der Waals surface area contributed by atoms with Gasteiger partial charge in [-0.1, -0.05) is 19.4 Å². The van der Waals surface area contributed by atoms with Crippen molar-refractivity contribution in [2.45, 2.75) is 39.5 Å². The molecule has 0 aliphatic carbocycles. The number of hydrogen-bond acceptors (Lipinski definition) is 2. The van der Waals surface area contributed by atoms with E-state index in [2.05, 4.69) is 30.0 Å². The summed E-state index contributed by atoms with van der Waals surface area (Å²) in [6.07, 6.45) is 5.13. The van der Waals surface area contributed by atoms with Crippen molar-refractivity contribution in [3.8, 4) is 6.07 Å². The maximum absolute atomic E-state index is 9.27. The summed E-state index contributed by atoms with van der Waals surface area (Å²) in [6.45, 7) is 6.51. The molecule has 1 aliphatic rings. The third kappa shape index (κ3) is 2.85. The lowest BCUT2D eigenvalue weighted by atomic mass is 9.98. The van der Waals surface area contributed by atoms with Gasteiger partial charge in [-0.25, -0.2) is 0 Å². The Morgan fingerprint density at radius 3 is 2.89 bits per heavy atom. The van der Waals surface area contributed by atoms with E-state index in [1.807, 2.05) is 13.0 Å². The molecule has 0 bridgehead atoms. The fourth-order valence-electron chi connectivity index (χ4n) is 2.83. The normalized spacial score (nSPS) is 20.3. The van der Waals surface area contributed by atoms with Crippen molar-refractivity contribution in [1.29, 1.82) is 5.26 Å². The first-order valence-electron chi connectivity index (χ1n) is 7.00. The van der Waals surface area contributed by atoms with Gasteiger partial charge in [-0.2, -0.15) is 5.26 Å². The van der Waals surface area contributed by atoms with Crippen LogP contribution in [-0.4, -0.2) is 13.1 Å². The first kappa shape index (κ1) is 13.0. The number of aryl methyl sites for hydroxylation is 1. The van der Waals surface area contributed by atoms with Crippen LogP contribution >= 0.6 is 0 Å². The van der Waals surface area contributed by atoms with Crippen molar-refractivity contribution >= 4 is 5.69 Å². The third-order valence-electron chi connectivity index (χ3n) is 4.04. The largest absolute Gasteiger partial charge is 0.370 e. The highest BCUT2D eigenvalue weighted by Gasteiger charge is 2.17. The number of benzene rings is 1. The molecule has 96 valence electrons. The second-order valence-electron chi connectivity index (χ2n) is 5.32. The van der Waals surface area contributed by atoms with Crippen LogP contribution in [0.1, 0.15) is 43.7 Å². The molecule has 1 aromatic carbocycles. The predicted octanol–water partition coefficient (Wildman–Crippen LogP) is 3.88. The Bertz CT molecular complexity index is 445. The van der Waals surface area contributed by atoms with Gasteiger partial charge in [-0.05, 0) is 49.8 Å².